The summed E-state index contributed by atoms with van der Waals surface area (Å²) >= 11 is 0. The minimum atomic E-state index is 0.682. The van der Waals surface area contributed by atoms with Crippen LogP contribution in [0.1, 0.15) is 26.3 Å². The molecular weight excluding hydrogens is 272 g/mol. The van der Waals surface area contributed by atoms with Crippen LogP contribution in [0.15, 0.2) is 53.5 Å². The summed E-state index contributed by atoms with van der Waals surface area (Å²) in [5, 5.41) is 0. The predicted octanol–water partition coefficient (Wildman–Crippen LogP) is 4.68. The maximum atomic E-state index is 5.42. The Hall–Kier alpha value is -2.29. The van der Waals surface area contributed by atoms with Crippen LogP contribution < -0.4 is 9.64 Å². The molecule has 2 rings (SSSR count). The fourth-order valence-corrected chi connectivity index (χ4v) is 2.30. The van der Waals surface area contributed by atoms with E-state index in [2.05, 4.69) is 48.0 Å². The molecule has 0 unspecified atom stereocenters. The van der Waals surface area contributed by atoms with Gasteiger partial charge in [-0.25, -0.2) is 0 Å². The van der Waals surface area contributed by atoms with Crippen LogP contribution in [-0.4, -0.2) is 25.9 Å². The third-order valence-electron chi connectivity index (χ3n) is 3.53. The molecule has 0 atom stereocenters. The molecule has 0 radical (unpaired) electrons. The number of aliphatic imine (C=N–C) groups is 1. The molecule has 0 aliphatic rings. The first-order valence-electron chi connectivity index (χ1n) is 7.88. The van der Waals surface area contributed by atoms with Gasteiger partial charge in [0.05, 0.1) is 12.3 Å². The van der Waals surface area contributed by atoms with Crippen LogP contribution in [0, 0.1) is 0 Å². The Labute approximate surface area is 133 Å². The highest BCUT2D eigenvalue weighted by Gasteiger charge is 2.00. The monoisotopic (exact) mass is 296 g/mol. The first kappa shape index (κ1) is 16.1. The van der Waals surface area contributed by atoms with Gasteiger partial charge >= 0.3 is 0 Å². The third kappa shape index (κ3) is 4.35. The number of hydrogen-bond acceptors (Lipinski definition) is 3. The topological polar surface area (TPSA) is 24.8 Å². The van der Waals surface area contributed by atoms with Crippen molar-refractivity contribution >= 4 is 17.6 Å². The van der Waals surface area contributed by atoms with Gasteiger partial charge in [-0.15, -0.1) is 0 Å². The molecule has 3 heteroatoms. The molecule has 0 bridgehead atoms. The SMILES string of the molecule is CCOc1ccc(N=Cc2ccc(N(CC)CC)cc2)cc1. The molecule has 0 amide bonds. The summed E-state index contributed by atoms with van der Waals surface area (Å²) in [5.74, 6) is 0.880. The van der Waals surface area contributed by atoms with Gasteiger partial charge in [-0.1, -0.05) is 12.1 Å². The van der Waals surface area contributed by atoms with E-state index in [1.54, 1.807) is 0 Å². The smallest absolute Gasteiger partial charge is 0.119 e. The van der Waals surface area contributed by atoms with Crippen LogP contribution in [-0.2, 0) is 0 Å². The fraction of sp³-hybridized carbons (Fsp3) is 0.316. The molecular formula is C19H24N2O. The van der Waals surface area contributed by atoms with Crippen molar-refractivity contribution in [2.75, 3.05) is 24.6 Å². The average Bonchev–Trinajstić information content (AvgIpc) is 2.57. The molecule has 0 saturated carbocycles. The Morgan fingerprint density at radius 1 is 0.909 bits per heavy atom. The van der Waals surface area contributed by atoms with Crippen molar-refractivity contribution in [3.05, 3.63) is 54.1 Å². The molecule has 0 spiro atoms. The van der Waals surface area contributed by atoms with Crippen LogP contribution in [0.5, 0.6) is 5.75 Å². The Balaban J connectivity index is 2.03. The lowest BCUT2D eigenvalue weighted by Gasteiger charge is -2.20. The molecule has 22 heavy (non-hydrogen) atoms. The first-order chi connectivity index (χ1) is 10.8. The Bertz CT molecular complexity index is 584. The summed E-state index contributed by atoms with van der Waals surface area (Å²) in [6.45, 7) is 9.05. The van der Waals surface area contributed by atoms with Crippen LogP contribution in [0.3, 0.4) is 0 Å². The van der Waals surface area contributed by atoms with Gasteiger partial charge < -0.3 is 9.64 Å². The van der Waals surface area contributed by atoms with Crippen LogP contribution >= 0.6 is 0 Å². The number of anilines is 1. The van der Waals surface area contributed by atoms with Crippen molar-refractivity contribution in [3.8, 4) is 5.75 Å². The van der Waals surface area contributed by atoms with Gasteiger partial charge in [0.25, 0.3) is 0 Å². The summed E-state index contributed by atoms with van der Waals surface area (Å²) in [6, 6.07) is 16.3. The summed E-state index contributed by atoms with van der Waals surface area (Å²) in [6.07, 6.45) is 1.89. The highest BCUT2D eigenvalue weighted by molar-refractivity contribution is 5.82. The van der Waals surface area contributed by atoms with Gasteiger partial charge in [-0.05, 0) is 62.7 Å². The van der Waals surface area contributed by atoms with E-state index in [0.717, 1.165) is 30.1 Å². The Morgan fingerprint density at radius 3 is 2.09 bits per heavy atom. The Kier molecular flexibility index (Phi) is 6.01. The predicted molar refractivity (Wildman–Crippen MR) is 94.9 cm³/mol. The highest BCUT2D eigenvalue weighted by atomic mass is 16.5. The maximum absolute atomic E-state index is 5.42. The normalized spacial score (nSPS) is 10.9. The quantitative estimate of drug-likeness (QED) is 0.693. The van der Waals surface area contributed by atoms with Crippen molar-refractivity contribution < 1.29 is 4.74 Å². The van der Waals surface area contributed by atoms with Crippen molar-refractivity contribution in [2.24, 2.45) is 4.99 Å². The molecule has 0 aliphatic heterocycles. The molecule has 0 heterocycles. The molecule has 2 aromatic rings. The molecule has 0 aromatic heterocycles. The zero-order chi connectivity index (χ0) is 15.8. The van der Waals surface area contributed by atoms with Crippen LogP contribution in [0.2, 0.25) is 0 Å². The molecule has 0 aliphatic carbocycles. The van der Waals surface area contributed by atoms with E-state index in [-0.39, 0.29) is 0 Å². The minimum absolute atomic E-state index is 0.682. The van der Waals surface area contributed by atoms with Gasteiger partial charge in [0, 0.05) is 25.0 Å². The summed E-state index contributed by atoms with van der Waals surface area (Å²) in [4.78, 5) is 6.83. The lowest BCUT2D eigenvalue weighted by Crippen LogP contribution is -2.21. The molecule has 3 nitrogen and oxygen atoms in total. The van der Waals surface area contributed by atoms with Gasteiger partial charge in [0.2, 0.25) is 0 Å². The van der Waals surface area contributed by atoms with Crippen molar-refractivity contribution in [1.29, 1.82) is 0 Å². The average molecular weight is 296 g/mol. The van der Waals surface area contributed by atoms with Gasteiger partial charge in [-0.3, -0.25) is 4.99 Å². The molecule has 0 saturated heterocycles. The van der Waals surface area contributed by atoms with Gasteiger partial charge in [0.1, 0.15) is 5.75 Å². The molecule has 116 valence electrons. The molecule has 0 N–H and O–H groups in total. The summed E-state index contributed by atoms with van der Waals surface area (Å²) in [5.41, 5.74) is 3.28. The summed E-state index contributed by atoms with van der Waals surface area (Å²) < 4.78 is 5.42. The largest absolute Gasteiger partial charge is 0.494 e. The number of benzene rings is 2. The van der Waals surface area contributed by atoms with Gasteiger partial charge in [-0.2, -0.15) is 0 Å². The summed E-state index contributed by atoms with van der Waals surface area (Å²) in [7, 11) is 0. The van der Waals surface area contributed by atoms with E-state index in [0.29, 0.717) is 6.61 Å². The zero-order valence-corrected chi connectivity index (χ0v) is 13.6. The third-order valence-corrected chi connectivity index (χ3v) is 3.53. The van der Waals surface area contributed by atoms with E-state index in [4.69, 9.17) is 4.74 Å². The van der Waals surface area contributed by atoms with Crippen molar-refractivity contribution in [2.45, 2.75) is 20.8 Å². The van der Waals surface area contributed by atoms with Crippen LogP contribution in [0.25, 0.3) is 0 Å². The van der Waals surface area contributed by atoms with E-state index < -0.39 is 0 Å². The van der Waals surface area contributed by atoms with Crippen LogP contribution in [0.4, 0.5) is 11.4 Å². The first-order valence-corrected chi connectivity index (χ1v) is 7.88. The second kappa shape index (κ2) is 8.23. The second-order valence-corrected chi connectivity index (χ2v) is 4.95. The van der Waals surface area contributed by atoms with E-state index in [1.165, 1.54) is 5.69 Å². The zero-order valence-electron chi connectivity index (χ0n) is 13.6. The lowest BCUT2D eigenvalue weighted by molar-refractivity contribution is 0.340. The van der Waals surface area contributed by atoms with Gasteiger partial charge in [0.15, 0.2) is 0 Å². The van der Waals surface area contributed by atoms with E-state index >= 15 is 0 Å². The fourth-order valence-electron chi connectivity index (χ4n) is 2.30. The van der Waals surface area contributed by atoms with E-state index in [9.17, 15) is 0 Å². The second-order valence-electron chi connectivity index (χ2n) is 4.95. The minimum Gasteiger partial charge on any atom is -0.494 e. The maximum Gasteiger partial charge on any atom is 0.119 e. The van der Waals surface area contributed by atoms with E-state index in [1.807, 2.05) is 37.4 Å². The van der Waals surface area contributed by atoms with Crippen molar-refractivity contribution in [1.82, 2.24) is 0 Å². The van der Waals surface area contributed by atoms with Crippen molar-refractivity contribution in [3.63, 3.8) is 0 Å². The molecule has 0 fully saturated rings. The number of hydrogen-bond donors (Lipinski definition) is 0. The molecule has 2 aromatic carbocycles. The standard InChI is InChI=1S/C19H24N2O/c1-4-21(5-2)18-11-7-16(8-12-18)15-20-17-9-13-19(14-10-17)22-6-3/h7-15H,4-6H2,1-3H3. The Morgan fingerprint density at radius 2 is 1.55 bits per heavy atom. The highest BCUT2D eigenvalue weighted by Crippen LogP contribution is 2.19. The lowest BCUT2D eigenvalue weighted by atomic mass is 10.2. The number of rotatable bonds is 7. The number of nitrogens with zero attached hydrogens (tertiary/aromatic N) is 2. The number of ether oxygens (including phenoxy) is 1.